The minimum atomic E-state index is -0.376. The molecule has 2 aromatic heterocycles. The smallest absolute Gasteiger partial charge is 0.224 e. The molecule has 1 amide bonds. The fourth-order valence-corrected chi connectivity index (χ4v) is 3.28. The summed E-state index contributed by atoms with van der Waals surface area (Å²) in [6.07, 6.45) is 1.97. The second-order valence-corrected chi connectivity index (χ2v) is 7.00. The number of carbonyl (C=O) groups excluding carboxylic acids is 1. The van der Waals surface area contributed by atoms with Crippen LogP contribution in [0.1, 0.15) is 23.7 Å². The van der Waals surface area contributed by atoms with E-state index in [0.29, 0.717) is 29.3 Å². The van der Waals surface area contributed by atoms with Crippen LogP contribution in [0.3, 0.4) is 0 Å². The van der Waals surface area contributed by atoms with E-state index in [4.69, 9.17) is 4.42 Å². The molecule has 30 heavy (non-hydrogen) atoms. The first-order valence-electron chi connectivity index (χ1n) is 9.63. The first-order valence-corrected chi connectivity index (χ1v) is 9.63. The van der Waals surface area contributed by atoms with Crippen molar-refractivity contribution in [2.75, 3.05) is 5.32 Å². The Morgan fingerprint density at radius 3 is 2.67 bits per heavy atom. The molecule has 0 atom stereocenters. The van der Waals surface area contributed by atoms with Gasteiger partial charge < -0.3 is 9.73 Å². The van der Waals surface area contributed by atoms with Crippen LogP contribution in [-0.4, -0.2) is 20.7 Å². The third kappa shape index (κ3) is 4.15. The van der Waals surface area contributed by atoms with Crippen LogP contribution in [0.4, 0.5) is 10.1 Å². The van der Waals surface area contributed by atoms with Crippen LogP contribution in [0.2, 0.25) is 0 Å². The summed E-state index contributed by atoms with van der Waals surface area (Å²) < 4.78 is 21.3. The van der Waals surface area contributed by atoms with Gasteiger partial charge in [-0.25, -0.2) is 14.1 Å². The molecule has 0 radical (unpaired) electrons. The number of para-hydroxylation sites is 2. The molecule has 0 aliphatic carbocycles. The summed E-state index contributed by atoms with van der Waals surface area (Å²) in [4.78, 5) is 16.7. The summed E-state index contributed by atoms with van der Waals surface area (Å²) in [5.74, 6) is 0.182. The van der Waals surface area contributed by atoms with E-state index in [1.165, 1.54) is 12.3 Å². The minimum absolute atomic E-state index is 0.172. The molecule has 0 spiro atoms. The number of aromatic nitrogens is 3. The van der Waals surface area contributed by atoms with E-state index < -0.39 is 0 Å². The zero-order chi connectivity index (χ0) is 21.1. The number of anilines is 1. The number of amides is 1. The zero-order valence-electron chi connectivity index (χ0n) is 16.7. The Bertz CT molecular complexity index is 1200. The average Bonchev–Trinajstić information content (AvgIpc) is 3.33. The molecule has 0 saturated carbocycles. The van der Waals surface area contributed by atoms with Gasteiger partial charge in [0.1, 0.15) is 5.82 Å². The van der Waals surface area contributed by atoms with Crippen molar-refractivity contribution in [3.05, 3.63) is 83.9 Å². The fraction of sp³-hybridized carbons (Fsp3) is 0.174. The SMILES string of the molecule is Cc1cc(C)n(-c2ccccc2NC(=O)CCc2ncc(-c3ccccc3F)o2)n1. The highest BCUT2D eigenvalue weighted by Crippen LogP contribution is 2.24. The summed E-state index contributed by atoms with van der Waals surface area (Å²) in [5, 5.41) is 7.42. The standard InChI is InChI=1S/C23H21FN4O2/c1-15-13-16(2)28(27-15)20-10-6-5-9-19(20)26-22(29)11-12-23-25-14-21(30-23)17-7-3-4-8-18(17)24/h3-10,13-14H,11-12H2,1-2H3,(H,26,29). The van der Waals surface area contributed by atoms with Crippen molar-refractivity contribution >= 4 is 11.6 Å². The van der Waals surface area contributed by atoms with Crippen LogP contribution in [0.5, 0.6) is 0 Å². The molecule has 2 aromatic carbocycles. The molecule has 0 bridgehead atoms. The molecule has 0 saturated heterocycles. The first kappa shape index (κ1) is 19.6. The molecule has 0 aliphatic heterocycles. The largest absolute Gasteiger partial charge is 0.441 e. The third-order valence-corrected chi connectivity index (χ3v) is 4.67. The Morgan fingerprint density at radius 2 is 1.90 bits per heavy atom. The second-order valence-electron chi connectivity index (χ2n) is 7.00. The lowest BCUT2D eigenvalue weighted by molar-refractivity contribution is -0.116. The molecule has 7 heteroatoms. The molecule has 2 heterocycles. The van der Waals surface area contributed by atoms with E-state index in [2.05, 4.69) is 15.4 Å². The average molecular weight is 404 g/mol. The van der Waals surface area contributed by atoms with Crippen molar-refractivity contribution in [3.8, 4) is 17.0 Å². The molecular weight excluding hydrogens is 383 g/mol. The van der Waals surface area contributed by atoms with E-state index in [1.807, 2.05) is 44.2 Å². The van der Waals surface area contributed by atoms with Crippen LogP contribution in [-0.2, 0) is 11.2 Å². The maximum absolute atomic E-state index is 13.9. The second kappa shape index (κ2) is 8.32. The Labute approximate surface area is 173 Å². The fourth-order valence-electron chi connectivity index (χ4n) is 3.28. The predicted octanol–water partition coefficient (Wildman–Crippen LogP) is 4.85. The van der Waals surface area contributed by atoms with Crippen LogP contribution in [0.15, 0.2) is 65.2 Å². The van der Waals surface area contributed by atoms with Gasteiger partial charge in [0.05, 0.1) is 28.8 Å². The van der Waals surface area contributed by atoms with Gasteiger partial charge in [0.25, 0.3) is 0 Å². The van der Waals surface area contributed by atoms with Crippen molar-refractivity contribution in [1.29, 1.82) is 0 Å². The van der Waals surface area contributed by atoms with Gasteiger partial charge in [0.2, 0.25) is 5.91 Å². The Hall–Kier alpha value is -3.74. The maximum atomic E-state index is 13.9. The summed E-state index contributed by atoms with van der Waals surface area (Å²) in [5.41, 5.74) is 3.71. The van der Waals surface area contributed by atoms with Gasteiger partial charge in [-0.2, -0.15) is 5.10 Å². The highest BCUT2D eigenvalue weighted by Gasteiger charge is 2.14. The van der Waals surface area contributed by atoms with E-state index in [-0.39, 0.29) is 18.1 Å². The molecular formula is C23H21FN4O2. The van der Waals surface area contributed by atoms with Gasteiger partial charge in [0, 0.05) is 18.5 Å². The van der Waals surface area contributed by atoms with Gasteiger partial charge in [-0.05, 0) is 44.2 Å². The first-order chi connectivity index (χ1) is 14.5. The number of halogens is 1. The highest BCUT2D eigenvalue weighted by molar-refractivity contribution is 5.92. The van der Waals surface area contributed by atoms with Crippen molar-refractivity contribution in [2.24, 2.45) is 0 Å². The normalized spacial score (nSPS) is 10.9. The number of nitrogens with one attached hydrogen (secondary N) is 1. The molecule has 0 fully saturated rings. The Morgan fingerprint density at radius 1 is 1.13 bits per heavy atom. The van der Waals surface area contributed by atoms with Crippen LogP contribution >= 0.6 is 0 Å². The Kier molecular flexibility index (Phi) is 5.43. The van der Waals surface area contributed by atoms with E-state index in [1.54, 1.807) is 22.9 Å². The lowest BCUT2D eigenvalue weighted by Gasteiger charge is -2.12. The molecule has 4 rings (SSSR count). The summed E-state index contributed by atoms with van der Waals surface area (Å²) >= 11 is 0. The monoisotopic (exact) mass is 404 g/mol. The lowest BCUT2D eigenvalue weighted by Crippen LogP contribution is -2.15. The predicted molar refractivity (Wildman–Crippen MR) is 112 cm³/mol. The molecule has 1 N–H and O–H groups in total. The van der Waals surface area contributed by atoms with Gasteiger partial charge >= 0.3 is 0 Å². The molecule has 0 aliphatic rings. The van der Waals surface area contributed by atoms with Gasteiger partial charge in [-0.3, -0.25) is 4.79 Å². The van der Waals surface area contributed by atoms with Gasteiger partial charge in [-0.1, -0.05) is 24.3 Å². The van der Waals surface area contributed by atoms with Crippen molar-refractivity contribution in [1.82, 2.24) is 14.8 Å². The van der Waals surface area contributed by atoms with Gasteiger partial charge in [-0.15, -0.1) is 0 Å². The molecule has 152 valence electrons. The van der Waals surface area contributed by atoms with E-state index in [0.717, 1.165) is 17.1 Å². The van der Waals surface area contributed by atoms with Crippen LogP contribution in [0, 0.1) is 19.7 Å². The minimum Gasteiger partial charge on any atom is -0.441 e. The number of benzene rings is 2. The van der Waals surface area contributed by atoms with Crippen LogP contribution < -0.4 is 5.32 Å². The van der Waals surface area contributed by atoms with Gasteiger partial charge in [0.15, 0.2) is 11.7 Å². The molecule has 4 aromatic rings. The number of oxazole rings is 1. The molecule has 6 nitrogen and oxygen atoms in total. The lowest BCUT2D eigenvalue weighted by atomic mass is 10.2. The quantitative estimate of drug-likeness (QED) is 0.498. The maximum Gasteiger partial charge on any atom is 0.224 e. The number of nitrogens with zero attached hydrogens (tertiary/aromatic N) is 3. The topological polar surface area (TPSA) is 73.0 Å². The van der Waals surface area contributed by atoms with Crippen molar-refractivity contribution in [2.45, 2.75) is 26.7 Å². The third-order valence-electron chi connectivity index (χ3n) is 4.67. The highest BCUT2D eigenvalue weighted by atomic mass is 19.1. The van der Waals surface area contributed by atoms with E-state index in [9.17, 15) is 9.18 Å². The Balaban J connectivity index is 1.43. The number of aryl methyl sites for hydroxylation is 3. The number of rotatable bonds is 6. The molecule has 0 unspecified atom stereocenters. The summed E-state index contributed by atoms with van der Waals surface area (Å²) in [7, 11) is 0. The van der Waals surface area contributed by atoms with Crippen LogP contribution in [0.25, 0.3) is 17.0 Å². The summed E-state index contributed by atoms with van der Waals surface area (Å²) in [6.45, 7) is 3.89. The summed E-state index contributed by atoms with van der Waals surface area (Å²) in [6, 6.07) is 15.8. The van der Waals surface area contributed by atoms with E-state index >= 15 is 0 Å². The van der Waals surface area contributed by atoms with Crippen molar-refractivity contribution < 1.29 is 13.6 Å². The number of hydrogen-bond donors (Lipinski definition) is 1. The zero-order valence-corrected chi connectivity index (χ0v) is 16.7. The number of carbonyl (C=O) groups is 1. The van der Waals surface area contributed by atoms with Crippen molar-refractivity contribution in [3.63, 3.8) is 0 Å². The number of hydrogen-bond acceptors (Lipinski definition) is 4.